The molecule has 0 spiro atoms. The predicted octanol–water partition coefficient (Wildman–Crippen LogP) is 11.4. The monoisotopic (exact) mass is 676 g/mol. The van der Waals surface area contributed by atoms with Crippen molar-refractivity contribution in [3.05, 3.63) is 118 Å². The van der Waals surface area contributed by atoms with Gasteiger partial charge in [0.25, 0.3) is 0 Å². The largest absolute Gasteiger partial charge is 0.432 e. The summed E-state index contributed by atoms with van der Waals surface area (Å²) in [4.78, 5) is 12.8. The second-order valence-electron chi connectivity index (χ2n) is 12.0. The molecule has 0 saturated heterocycles. The van der Waals surface area contributed by atoms with Crippen molar-refractivity contribution in [3.63, 3.8) is 0 Å². The Hall–Kier alpha value is -4.41. The third kappa shape index (κ3) is 7.99. The fraction of sp³-hybridized carbons (Fsp3) is 0.324. The van der Waals surface area contributed by atoms with E-state index in [9.17, 15) is 35.5 Å². The lowest BCUT2D eigenvalue weighted by Gasteiger charge is -2.29. The molecular weight excluding hydrogens is 644 g/mol. The highest BCUT2D eigenvalue weighted by Gasteiger charge is 2.41. The maximum absolute atomic E-state index is 15.0. The van der Waals surface area contributed by atoms with Crippen LogP contribution in [0.1, 0.15) is 85.7 Å². The highest BCUT2D eigenvalue weighted by Crippen LogP contribution is 2.39. The maximum Gasteiger partial charge on any atom is 0.432 e. The summed E-state index contributed by atoms with van der Waals surface area (Å²) in [5, 5.41) is 0. The Morgan fingerprint density at radius 3 is 1.92 bits per heavy atom. The molecule has 1 fully saturated rings. The Kier molecular flexibility index (Phi) is 10.8. The Balaban J connectivity index is 1.24. The number of esters is 1. The zero-order chi connectivity index (χ0) is 34.6. The highest BCUT2D eigenvalue weighted by atomic mass is 19.3. The average molecular weight is 677 g/mol. The van der Waals surface area contributed by atoms with Crippen molar-refractivity contribution in [1.29, 1.82) is 0 Å². The maximum atomic E-state index is 15.0. The summed E-state index contributed by atoms with van der Waals surface area (Å²) >= 11 is 0. The van der Waals surface area contributed by atoms with E-state index in [2.05, 4.69) is 11.7 Å². The Morgan fingerprint density at radius 1 is 0.729 bits per heavy atom. The van der Waals surface area contributed by atoms with Gasteiger partial charge in [0.1, 0.15) is 34.5 Å². The second kappa shape index (κ2) is 14.8. The molecule has 0 aliphatic heterocycles. The molecule has 0 unspecified atom stereocenters. The smallest absolute Gasteiger partial charge is 0.429 e. The molecule has 0 amide bonds. The van der Waals surface area contributed by atoms with E-state index in [1.165, 1.54) is 44.6 Å². The first-order valence-corrected chi connectivity index (χ1v) is 15.7. The van der Waals surface area contributed by atoms with Gasteiger partial charge in [-0.15, -0.1) is 0 Å². The number of hydrogen-bond donors (Lipinski definition) is 0. The lowest BCUT2D eigenvalue weighted by atomic mass is 9.77. The molecule has 0 radical (unpaired) electrons. The van der Waals surface area contributed by atoms with Crippen molar-refractivity contribution >= 4 is 5.97 Å². The zero-order valence-electron chi connectivity index (χ0n) is 25.9. The second-order valence-corrected chi connectivity index (χ2v) is 12.0. The van der Waals surface area contributed by atoms with Crippen LogP contribution in [0.25, 0.3) is 11.1 Å². The van der Waals surface area contributed by atoms with Gasteiger partial charge in [-0.25, -0.2) is 31.1 Å². The summed E-state index contributed by atoms with van der Waals surface area (Å²) in [6.07, 6.45) is 4.79. The summed E-state index contributed by atoms with van der Waals surface area (Å²) in [6, 6.07) is 11.1. The van der Waals surface area contributed by atoms with E-state index < -0.39 is 69.4 Å². The van der Waals surface area contributed by atoms with Gasteiger partial charge in [-0.2, -0.15) is 8.78 Å². The number of alkyl halides is 2. The normalized spacial score (nSPS) is 16.5. The number of hydrogen-bond acceptors (Lipinski definition) is 3. The van der Waals surface area contributed by atoms with Crippen LogP contribution in [0.4, 0.5) is 35.1 Å². The number of unbranched alkanes of at least 4 members (excludes halogenated alkanes) is 2. The van der Waals surface area contributed by atoms with Crippen LogP contribution in [-0.4, -0.2) is 5.97 Å². The first-order valence-electron chi connectivity index (χ1n) is 15.7. The third-order valence-electron chi connectivity index (χ3n) is 8.68. The van der Waals surface area contributed by atoms with Crippen LogP contribution in [0.2, 0.25) is 0 Å². The van der Waals surface area contributed by atoms with E-state index in [0.717, 1.165) is 36.5 Å². The minimum Gasteiger partial charge on any atom is -0.429 e. The van der Waals surface area contributed by atoms with E-state index >= 15 is 4.39 Å². The summed E-state index contributed by atoms with van der Waals surface area (Å²) in [5.41, 5.74) is -1.43. The molecule has 48 heavy (non-hydrogen) atoms. The van der Waals surface area contributed by atoms with E-state index in [-0.39, 0.29) is 23.4 Å². The molecule has 1 saturated carbocycles. The molecule has 1 aliphatic rings. The predicted molar refractivity (Wildman–Crippen MR) is 163 cm³/mol. The Morgan fingerprint density at radius 2 is 1.33 bits per heavy atom. The van der Waals surface area contributed by atoms with Gasteiger partial charge in [-0.1, -0.05) is 44.7 Å². The topological polar surface area (TPSA) is 35.5 Å². The fourth-order valence-electron chi connectivity index (χ4n) is 6.12. The summed E-state index contributed by atoms with van der Waals surface area (Å²) in [7, 11) is 0. The van der Waals surface area contributed by atoms with Crippen molar-refractivity contribution in [1.82, 2.24) is 0 Å². The van der Waals surface area contributed by atoms with Gasteiger partial charge in [0.05, 0.1) is 5.56 Å². The van der Waals surface area contributed by atoms with Crippen molar-refractivity contribution in [2.75, 3.05) is 0 Å². The minimum atomic E-state index is -4.80. The SMILES string of the molecule is CCCCCC1CCC(c2ccc(C(=O)Oc3ccc(-c4cc(F)c(C(F)(F)Oc5cc(F)c(F)c(F)c5)c(F)c4)c(F)c3)cc2)CC1. The molecular formula is C37H32F8O3. The van der Waals surface area contributed by atoms with Gasteiger partial charge in [0, 0.05) is 23.8 Å². The molecule has 4 aromatic carbocycles. The Labute approximate surface area is 272 Å². The van der Waals surface area contributed by atoms with Crippen LogP contribution in [-0.2, 0) is 6.11 Å². The molecule has 0 heterocycles. The van der Waals surface area contributed by atoms with Crippen LogP contribution < -0.4 is 9.47 Å². The van der Waals surface area contributed by atoms with Gasteiger partial charge in [0.15, 0.2) is 17.5 Å². The van der Waals surface area contributed by atoms with Crippen molar-refractivity contribution < 1.29 is 49.4 Å². The molecule has 0 bridgehead atoms. The van der Waals surface area contributed by atoms with Crippen molar-refractivity contribution in [2.45, 2.75) is 70.3 Å². The number of ether oxygens (including phenoxy) is 2. The van der Waals surface area contributed by atoms with Crippen LogP contribution in [0.3, 0.4) is 0 Å². The van der Waals surface area contributed by atoms with Gasteiger partial charge >= 0.3 is 12.1 Å². The first-order chi connectivity index (χ1) is 22.9. The molecule has 11 heteroatoms. The fourth-order valence-corrected chi connectivity index (χ4v) is 6.12. The van der Waals surface area contributed by atoms with E-state index in [1.54, 1.807) is 12.1 Å². The average Bonchev–Trinajstić information content (AvgIpc) is 3.03. The molecule has 0 aromatic heterocycles. The lowest BCUT2D eigenvalue weighted by Crippen LogP contribution is -2.25. The number of benzene rings is 4. The van der Waals surface area contributed by atoms with Crippen LogP contribution in [0.15, 0.2) is 66.7 Å². The number of rotatable bonds is 11. The number of carbonyl (C=O) groups excluding carboxylic acids is 1. The van der Waals surface area contributed by atoms with Gasteiger partial charge in [-0.05, 0) is 85.0 Å². The molecule has 4 aromatic rings. The molecule has 3 nitrogen and oxygen atoms in total. The Bertz CT molecular complexity index is 1720. The summed E-state index contributed by atoms with van der Waals surface area (Å²) in [6.45, 7) is 2.20. The van der Waals surface area contributed by atoms with Gasteiger partial charge in [-0.3, -0.25) is 0 Å². The molecule has 5 rings (SSSR count). The molecule has 254 valence electrons. The molecule has 0 N–H and O–H groups in total. The van der Waals surface area contributed by atoms with Gasteiger partial charge < -0.3 is 9.47 Å². The number of halogens is 8. The zero-order valence-corrected chi connectivity index (χ0v) is 25.9. The summed E-state index contributed by atoms with van der Waals surface area (Å²) in [5.74, 6) is -11.5. The van der Waals surface area contributed by atoms with E-state index in [4.69, 9.17) is 4.74 Å². The van der Waals surface area contributed by atoms with Crippen LogP contribution in [0.5, 0.6) is 11.5 Å². The van der Waals surface area contributed by atoms with Crippen LogP contribution in [0, 0.1) is 40.8 Å². The van der Waals surface area contributed by atoms with Gasteiger partial charge in [0.2, 0.25) is 0 Å². The lowest BCUT2D eigenvalue weighted by molar-refractivity contribution is -0.189. The van der Waals surface area contributed by atoms with E-state index in [0.29, 0.717) is 18.1 Å². The number of carbonyl (C=O) groups is 1. The molecule has 1 aliphatic carbocycles. The van der Waals surface area contributed by atoms with Crippen molar-refractivity contribution in [2.24, 2.45) is 5.92 Å². The summed E-state index contributed by atoms with van der Waals surface area (Å²) < 4.78 is 123. The van der Waals surface area contributed by atoms with E-state index in [1.807, 2.05) is 12.1 Å². The van der Waals surface area contributed by atoms with Crippen molar-refractivity contribution in [3.8, 4) is 22.6 Å². The third-order valence-corrected chi connectivity index (χ3v) is 8.68. The first kappa shape index (κ1) is 34.9. The minimum absolute atomic E-state index is 0.0799. The highest BCUT2D eigenvalue weighted by molar-refractivity contribution is 5.91. The standard InChI is InChI=1S/C37H32F8O3/c1-2-3-4-5-21-6-8-22(9-7-21)23-10-12-24(13-11-23)36(46)47-26-14-15-28(29(38)18-26)25-16-30(39)34(31(40)17-25)37(44,45)48-27-19-32(41)35(43)33(42)20-27/h10-22H,2-9H2,1H3. The van der Waals surface area contributed by atoms with Crippen LogP contribution >= 0.6 is 0 Å². The quantitative estimate of drug-likeness (QED) is 0.0522. The molecule has 0 atom stereocenters.